The van der Waals surface area contributed by atoms with Crippen molar-refractivity contribution in [3.8, 4) is 17.1 Å². The Hall–Kier alpha value is -4.46. The van der Waals surface area contributed by atoms with Crippen molar-refractivity contribution in [3.63, 3.8) is 0 Å². The number of carbonyl (C=O) groups excluding carboxylic acids is 1. The van der Waals surface area contributed by atoms with Gasteiger partial charge < -0.3 is 4.74 Å². The molecule has 0 radical (unpaired) electrons. The van der Waals surface area contributed by atoms with Crippen molar-refractivity contribution in [3.05, 3.63) is 90.3 Å². The number of methoxy groups -OCH3 is 1. The van der Waals surface area contributed by atoms with Crippen LogP contribution in [0, 0.1) is 6.92 Å². The second-order valence-corrected chi connectivity index (χ2v) is 7.19. The zero-order valence-corrected chi connectivity index (χ0v) is 17.6. The van der Waals surface area contributed by atoms with E-state index in [0.29, 0.717) is 17.4 Å². The van der Waals surface area contributed by atoms with E-state index in [1.54, 1.807) is 18.7 Å². The van der Waals surface area contributed by atoms with Crippen molar-refractivity contribution in [1.29, 1.82) is 0 Å². The van der Waals surface area contributed by atoms with Gasteiger partial charge in [0.1, 0.15) is 5.75 Å². The van der Waals surface area contributed by atoms with Crippen LogP contribution in [0.2, 0.25) is 0 Å². The molecule has 0 aliphatic carbocycles. The molecule has 2 aromatic heterocycles. The van der Waals surface area contributed by atoms with Gasteiger partial charge in [-0.2, -0.15) is 0 Å². The molecule has 5 aromatic rings. The number of para-hydroxylation sites is 3. The van der Waals surface area contributed by atoms with Gasteiger partial charge in [-0.25, -0.2) is 9.67 Å². The van der Waals surface area contributed by atoms with Crippen LogP contribution in [0.5, 0.6) is 5.75 Å². The Morgan fingerprint density at radius 2 is 1.69 bits per heavy atom. The summed E-state index contributed by atoms with van der Waals surface area (Å²) in [6.45, 7) is 1.80. The summed E-state index contributed by atoms with van der Waals surface area (Å²) >= 11 is 0. The summed E-state index contributed by atoms with van der Waals surface area (Å²) in [5.41, 5.74) is 4.16. The number of rotatable bonds is 5. The van der Waals surface area contributed by atoms with Crippen LogP contribution in [0.15, 0.2) is 78.9 Å². The Morgan fingerprint density at radius 1 is 0.938 bits per heavy atom. The van der Waals surface area contributed by atoms with Crippen molar-refractivity contribution in [2.45, 2.75) is 6.92 Å². The Labute approximate surface area is 184 Å². The van der Waals surface area contributed by atoms with Gasteiger partial charge >= 0.3 is 0 Å². The lowest BCUT2D eigenvalue weighted by Crippen LogP contribution is -2.17. The van der Waals surface area contributed by atoms with E-state index in [0.717, 1.165) is 22.4 Å². The first-order valence-corrected chi connectivity index (χ1v) is 10.1. The first-order chi connectivity index (χ1) is 15.7. The van der Waals surface area contributed by atoms with Gasteiger partial charge in [0.2, 0.25) is 5.95 Å². The number of anilines is 1. The van der Waals surface area contributed by atoms with Gasteiger partial charge in [-0.3, -0.25) is 14.7 Å². The minimum atomic E-state index is -0.385. The lowest BCUT2D eigenvalue weighted by atomic mass is 10.2. The number of carbonyl (C=O) groups is 1. The fraction of sp³-hybridized carbons (Fsp3) is 0.0833. The van der Waals surface area contributed by atoms with Crippen LogP contribution < -0.4 is 10.1 Å². The first kappa shape index (κ1) is 19.5. The van der Waals surface area contributed by atoms with E-state index < -0.39 is 0 Å². The lowest BCUT2D eigenvalue weighted by molar-refractivity contribution is 0.102. The molecule has 3 aromatic carbocycles. The molecule has 32 heavy (non-hydrogen) atoms. The Bertz CT molecular complexity index is 1420. The number of fused-ring (bicyclic) bond motifs is 1. The average molecular weight is 424 g/mol. The second kappa shape index (κ2) is 7.99. The van der Waals surface area contributed by atoms with Crippen LogP contribution in [0.3, 0.4) is 0 Å². The van der Waals surface area contributed by atoms with Crippen molar-refractivity contribution in [2.75, 3.05) is 12.4 Å². The van der Waals surface area contributed by atoms with Gasteiger partial charge in [-0.15, -0.1) is 5.10 Å². The standard InChI is InChI=1S/C24H20N6O2/c1-16-22(27-28-30(16)18-11-8-12-19(15-18)32-2)23(31)26-24-25-20-13-6-7-14-21(20)29(24)17-9-4-3-5-10-17/h3-15H,1-2H3,(H,25,26,31). The summed E-state index contributed by atoms with van der Waals surface area (Å²) in [6, 6.07) is 24.9. The van der Waals surface area contributed by atoms with E-state index in [-0.39, 0.29) is 11.6 Å². The number of hydrogen-bond acceptors (Lipinski definition) is 5. The number of imidazole rings is 1. The van der Waals surface area contributed by atoms with E-state index in [1.165, 1.54) is 0 Å². The summed E-state index contributed by atoms with van der Waals surface area (Å²) < 4.78 is 8.80. The number of benzene rings is 3. The molecule has 0 saturated heterocycles. The zero-order valence-electron chi connectivity index (χ0n) is 17.6. The van der Waals surface area contributed by atoms with Crippen molar-refractivity contribution in [1.82, 2.24) is 24.5 Å². The summed E-state index contributed by atoms with van der Waals surface area (Å²) in [5.74, 6) is 0.724. The van der Waals surface area contributed by atoms with E-state index in [9.17, 15) is 4.79 Å². The molecule has 1 amide bonds. The molecule has 0 aliphatic heterocycles. The fourth-order valence-corrected chi connectivity index (χ4v) is 3.64. The van der Waals surface area contributed by atoms with Crippen molar-refractivity contribution < 1.29 is 9.53 Å². The number of aromatic nitrogens is 5. The maximum absolute atomic E-state index is 13.2. The smallest absolute Gasteiger partial charge is 0.280 e. The number of hydrogen-bond donors (Lipinski definition) is 1. The maximum Gasteiger partial charge on any atom is 0.280 e. The molecule has 0 spiro atoms. The minimum absolute atomic E-state index is 0.222. The van der Waals surface area contributed by atoms with Crippen molar-refractivity contribution >= 4 is 22.9 Å². The molecule has 5 rings (SSSR count). The minimum Gasteiger partial charge on any atom is -0.497 e. The Kier molecular flexibility index (Phi) is 4.87. The highest BCUT2D eigenvalue weighted by molar-refractivity contribution is 6.03. The van der Waals surface area contributed by atoms with Crippen LogP contribution >= 0.6 is 0 Å². The third kappa shape index (κ3) is 3.37. The molecular weight excluding hydrogens is 404 g/mol. The largest absolute Gasteiger partial charge is 0.497 e. The highest BCUT2D eigenvalue weighted by Gasteiger charge is 2.21. The molecule has 8 heteroatoms. The van der Waals surface area contributed by atoms with E-state index in [4.69, 9.17) is 4.74 Å². The number of ether oxygens (including phenoxy) is 1. The van der Waals surface area contributed by atoms with Gasteiger partial charge in [0, 0.05) is 11.8 Å². The topological polar surface area (TPSA) is 86.9 Å². The summed E-state index contributed by atoms with van der Waals surface area (Å²) in [4.78, 5) is 17.8. The predicted molar refractivity (Wildman–Crippen MR) is 122 cm³/mol. The van der Waals surface area contributed by atoms with Gasteiger partial charge in [0.05, 0.1) is 29.5 Å². The summed E-state index contributed by atoms with van der Waals surface area (Å²) in [5, 5.41) is 11.2. The lowest BCUT2D eigenvalue weighted by Gasteiger charge is -2.10. The molecule has 0 atom stereocenters. The molecule has 2 heterocycles. The van der Waals surface area contributed by atoms with E-state index in [2.05, 4.69) is 20.6 Å². The fourth-order valence-electron chi connectivity index (χ4n) is 3.64. The monoisotopic (exact) mass is 424 g/mol. The average Bonchev–Trinajstić information content (AvgIpc) is 3.39. The first-order valence-electron chi connectivity index (χ1n) is 10.1. The van der Waals surface area contributed by atoms with E-state index in [1.807, 2.05) is 83.4 Å². The Morgan fingerprint density at radius 3 is 2.50 bits per heavy atom. The van der Waals surface area contributed by atoms with Gasteiger partial charge in [-0.05, 0) is 43.3 Å². The molecule has 8 nitrogen and oxygen atoms in total. The van der Waals surface area contributed by atoms with Gasteiger partial charge in [0.15, 0.2) is 5.69 Å². The molecule has 0 saturated carbocycles. The molecule has 158 valence electrons. The maximum atomic E-state index is 13.2. The molecular formula is C24H20N6O2. The SMILES string of the molecule is COc1cccc(-n2nnc(C(=O)Nc3nc4ccccc4n3-c3ccccc3)c2C)c1. The van der Waals surface area contributed by atoms with Gasteiger partial charge in [-0.1, -0.05) is 41.6 Å². The third-order valence-corrected chi connectivity index (χ3v) is 5.21. The highest BCUT2D eigenvalue weighted by Crippen LogP contribution is 2.25. The van der Waals surface area contributed by atoms with Gasteiger partial charge in [0.25, 0.3) is 5.91 Å². The number of nitrogens with zero attached hydrogens (tertiary/aromatic N) is 5. The van der Waals surface area contributed by atoms with Crippen LogP contribution in [-0.4, -0.2) is 37.6 Å². The Balaban J connectivity index is 1.52. The normalized spacial score (nSPS) is 10.9. The molecule has 0 fully saturated rings. The predicted octanol–water partition coefficient (Wildman–Crippen LogP) is 4.18. The summed E-state index contributed by atoms with van der Waals surface area (Å²) in [7, 11) is 1.60. The molecule has 0 aliphatic rings. The second-order valence-electron chi connectivity index (χ2n) is 7.19. The van der Waals surface area contributed by atoms with Crippen LogP contribution in [0.4, 0.5) is 5.95 Å². The molecule has 0 bridgehead atoms. The zero-order chi connectivity index (χ0) is 22.1. The van der Waals surface area contributed by atoms with Crippen molar-refractivity contribution in [2.24, 2.45) is 0 Å². The van der Waals surface area contributed by atoms with Crippen LogP contribution in [-0.2, 0) is 0 Å². The number of amides is 1. The number of nitrogens with one attached hydrogen (secondary N) is 1. The quantitative estimate of drug-likeness (QED) is 0.457. The summed E-state index contributed by atoms with van der Waals surface area (Å²) in [6.07, 6.45) is 0. The van der Waals surface area contributed by atoms with Crippen LogP contribution in [0.25, 0.3) is 22.4 Å². The molecule has 0 unspecified atom stereocenters. The highest BCUT2D eigenvalue weighted by atomic mass is 16.5. The molecule has 1 N–H and O–H groups in total. The van der Waals surface area contributed by atoms with E-state index >= 15 is 0 Å². The third-order valence-electron chi connectivity index (χ3n) is 5.21. The van der Waals surface area contributed by atoms with Crippen LogP contribution in [0.1, 0.15) is 16.2 Å².